The highest BCUT2D eigenvalue weighted by molar-refractivity contribution is 7.09. The number of nitrogens with zero attached hydrogens (tertiary/aromatic N) is 2. The van der Waals surface area contributed by atoms with E-state index in [0.717, 1.165) is 12.0 Å². The summed E-state index contributed by atoms with van der Waals surface area (Å²) in [7, 11) is 0. The molecular weight excluding hydrogens is 220 g/mol. The van der Waals surface area contributed by atoms with Crippen molar-refractivity contribution in [1.29, 1.82) is 0 Å². The highest BCUT2D eigenvalue weighted by Gasteiger charge is 2.29. The van der Waals surface area contributed by atoms with Gasteiger partial charge in [0.25, 0.3) is 0 Å². The van der Waals surface area contributed by atoms with Gasteiger partial charge in [-0.25, -0.2) is 4.98 Å². The van der Waals surface area contributed by atoms with Crippen LogP contribution in [0.2, 0.25) is 0 Å². The summed E-state index contributed by atoms with van der Waals surface area (Å²) in [6, 6.07) is 1.05. The Bertz CT molecular complexity index is 362. The fourth-order valence-electron chi connectivity index (χ4n) is 2.33. The minimum atomic E-state index is 0.449. The van der Waals surface area contributed by atoms with Crippen LogP contribution in [0.15, 0.2) is 5.38 Å². The fourth-order valence-corrected chi connectivity index (χ4v) is 3.31. The van der Waals surface area contributed by atoms with Crippen LogP contribution in [-0.4, -0.2) is 28.8 Å². The van der Waals surface area contributed by atoms with E-state index in [2.05, 4.69) is 23.7 Å². The normalized spacial score (nSPS) is 21.8. The van der Waals surface area contributed by atoms with Gasteiger partial charge in [-0.1, -0.05) is 0 Å². The second-order valence-electron chi connectivity index (χ2n) is 4.54. The molecule has 1 aromatic rings. The van der Waals surface area contributed by atoms with E-state index in [1.165, 1.54) is 24.4 Å². The average molecular weight is 238 g/mol. The van der Waals surface area contributed by atoms with Crippen LogP contribution in [0.1, 0.15) is 43.4 Å². The molecule has 3 nitrogen and oxygen atoms in total. The number of carbonyl (C=O) groups is 1. The van der Waals surface area contributed by atoms with Gasteiger partial charge >= 0.3 is 0 Å². The van der Waals surface area contributed by atoms with Crippen molar-refractivity contribution in [3.05, 3.63) is 16.1 Å². The molecule has 16 heavy (non-hydrogen) atoms. The lowest BCUT2D eigenvalue weighted by Gasteiger charge is -2.26. The van der Waals surface area contributed by atoms with Gasteiger partial charge in [0.05, 0.1) is 11.7 Å². The number of hydrogen-bond acceptors (Lipinski definition) is 4. The van der Waals surface area contributed by atoms with Gasteiger partial charge in [-0.05, 0) is 33.2 Å². The first kappa shape index (κ1) is 11.7. The SMILES string of the molecule is CC(C)N1CCCC1c1nc(CC=O)cs1. The second-order valence-corrected chi connectivity index (χ2v) is 5.43. The number of carbonyl (C=O) groups excluding carboxylic acids is 1. The van der Waals surface area contributed by atoms with E-state index in [9.17, 15) is 4.79 Å². The van der Waals surface area contributed by atoms with E-state index in [-0.39, 0.29) is 0 Å². The third-order valence-corrected chi connectivity index (χ3v) is 4.10. The van der Waals surface area contributed by atoms with Gasteiger partial charge in [0.15, 0.2) is 0 Å². The van der Waals surface area contributed by atoms with E-state index in [4.69, 9.17) is 0 Å². The van der Waals surface area contributed by atoms with Crippen molar-refractivity contribution in [3.63, 3.8) is 0 Å². The van der Waals surface area contributed by atoms with E-state index >= 15 is 0 Å². The molecule has 1 fully saturated rings. The van der Waals surface area contributed by atoms with E-state index in [1.807, 2.05) is 5.38 Å². The van der Waals surface area contributed by atoms with Crippen LogP contribution >= 0.6 is 11.3 Å². The van der Waals surface area contributed by atoms with Crippen molar-refractivity contribution < 1.29 is 4.79 Å². The summed E-state index contributed by atoms with van der Waals surface area (Å²) in [4.78, 5) is 17.5. The topological polar surface area (TPSA) is 33.2 Å². The second kappa shape index (κ2) is 5.06. The first-order valence-electron chi connectivity index (χ1n) is 5.86. The van der Waals surface area contributed by atoms with Gasteiger partial charge in [-0.2, -0.15) is 0 Å². The molecule has 0 N–H and O–H groups in total. The predicted octanol–water partition coefficient (Wildman–Crippen LogP) is 2.43. The Balaban J connectivity index is 2.12. The van der Waals surface area contributed by atoms with Crippen molar-refractivity contribution in [2.24, 2.45) is 0 Å². The van der Waals surface area contributed by atoms with Crippen molar-refractivity contribution in [3.8, 4) is 0 Å². The summed E-state index contributed by atoms with van der Waals surface area (Å²) in [5, 5.41) is 3.20. The van der Waals surface area contributed by atoms with E-state index in [0.29, 0.717) is 18.5 Å². The van der Waals surface area contributed by atoms with Crippen LogP contribution in [0, 0.1) is 0 Å². The summed E-state index contributed by atoms with van der Waals surface area (Å²) < 4.78 is 0. The molecule has 0 aliphatic carbocycles. The van der Waals surface area contributed by atoms with Gasteiger partial charge in [0, 0.05) is 17.8 Å². The third-order valence-electron chi connectivity index (χ3n) is 3.10. The van der Waals surface area contributed by atoms with Gasteiger partial charge in [-0.3, -0.25) is 4.90 Å². The summed E-state index contributed by atoms with van der Waals surface area (Å²) in [6.45, 7) is 5.64. The van der Waals surface area contributed by atoms with Crippen LogP contribution in [0.25, 0.3) is 0 Å². The lowest BCUT2D eigenvalue weighted by atomic mass is 10.2. The highest BCUT2D eigenvalue weighted by atomic mass is 32.1. The van der Waals surface area contributed by atoms with Gasteiger partial charge in [0.1, 0.15) is 11.3 Å². The maximum Gasteiger partial charge on any atom is 0.125 e. The smallest absolute Gasteiger partial charge is 0.125 e. The van der Waals surface area contributed by atoms with Gasteiger partial charge in [-0.15, -0.1) is 11.3 Å². The zero-order valence-corrected chi connectivity index (χ0v) is 10.7. The van der Waals surface area contributed by atoms with Crippen LogP contribution in [-0.2, 0) is 11.2 Å². The molecule has 88 valence electrons. The molecule has 1 saturated heterocycles. The minimum absolute atomic E-state index is 0.449. The first-order chi connectivity index (χ1) is 7.72. The number of rotatable bonds is 4. The molecule has 0 radical (unpaired) electrons. The molecule has 0 spiro atoms. The number of aromatic nitrogens is 1. The monoisotopic (exact) mass is 238 g/mol. The number of thiazole rings is 1. The van der Waals surface area contributed by atoms with Gasteiger partial charge in [0.2, 0.25) is 0 Å². The van der Waals surface area contributed by atoms with E-state index < -0.39 is 0 Å². The van der Waals surface area contributed by atoms with Crippen LogP contribution in [0.4, 0.5) is 0 Å². The zero-order valence-electron chi connectivity index (χ0n) is 9.85. The molecule has 2 rings (SSSR count). The van der Waals surface area contributed by atoms with E-state index in [1.54, 1.807) is 11.3 Å². The Kier molecular flexibility index (Phi) is 3.71. The number of likely N-dealkylation sites (tertiary alicyclic amines) is 1. The molecule has 2 heterocycles. The molecule has 1 aromatic heterocycles. The van der Waals surface area contributed by atoms with Crippen molar-refractivity contribution in [1.82, 2.24) is 9.88 Å². The third kappa shape index (κ3) is 2.33. The summed E-state index contributed by atoms with van der Waals surface area (Å²) >= 11 is 1.70. The van der Waals surface area contributed by atoms with Crippen molar-refractivity contribution in [2.45, 2.75) is 45.2 Å². The van der Waals surface area contributed by atoms with Crippen LogP contribution in [0.3, 0.4) is 0 Å². The Hall–Kier alpha value is -0.740. The Labute approximate surface area is 100 Å². The van der Waals surface area contributed by atoms with Crippen LogP contribution < -0.4 is 0 Å². The largest absolute Gasteiger partial charge is 0.303 e. The molecule has 1 aliphatic rings. The summed E-state index contributed by atoms with van der Waals surface area (Å²) in [6.07, 6.45) is 3.83. The van der Waals surface area contributed by atoms with Gasteiger partial charge < -0.3 is 4.79 Å². The maximum atomic E-state index is 10.4. The Morgan fingerprint density at radius 3 is 3.19 bits per heavy atom. The Morgan fingerprint density at radius 1 is 1.69 bits per heavy atom. The molecule has 0 amide bonds. The maximum absolute atomic E-state index is 10.4. The summed E-state index contributed by atoms with van der Waals surface area (Å²) in [5.74, 6) is 0. The lowest BCUT2D eigenvalue weighted by molar-refractivity contribution is -0.107. The standard InChI is InChI=1S/C12H18N2OS/c1-9(2)14-6-3-4-11(14)12-13-10(5-7-15)8-16-12/h7-9,11H,3-6H2,1-2H3. The van der Waals surface area contributed by atoms with Crippen molar-refractivity contribution >= 4 is 17.6 Å². The molecule has 0 saturated carbocycles. The van der Waals surface area contributed by atoms with Crippen LogP contribution in [0.5, 0.6) is 0 Å². The zero-order chi connectivity index (χ0) is 11.5. The predicted molar refractivity (Wildman–Crippen MR) is 65.7 cm³/mol. The minimum Gasteiger partial charge on any atom is -0.303 e. The first-order valence-corrected chi connectivity index (χ1v) is 6.74. The average Bonchev–Trinajstić information content (AvgIpc) is 2.83. The van der Waals surface area contributed by atoms with Crippen molar-refractivity contribution in [2.75, 3.05) is 6.54 Å². The summed E-state index contributed by atoms with van der Waals surface area (Å²) in [5.41, 5.74) is 0.922. The quantitative estimate of drug-likeness (QED) is 0.755. The molecule has 1 unspecified atom stereocenters. The Morgan fingerprint density at radius 2 is 2.50 bits per heavy atom. The molecule has 1 aliphatic heterocycles. The highest BCUT2D eigenvalue weighted by Crippen LogP contribution is 2.34. The number of hydrogen-bond donors (Lipinski definition) is 0. The molecule has 0 bridgehead atoms. The molecule has 4 heteroatoms. The lowest BCUT2D eigenvalue weighted by Crippen LogP contribution is -2.30. The molecule has 0 aromatic carbocycles. The fraction of sp³-hybridized carbons (Fsp3) is 0.667. The molecular formula is C12H18N2OS. The number of aldehydes is 1. The molecule has 1 atom stereocenters.